The minimum atomic E-state index is -0.198. The second-order valence-corrected chi connectivity index (χ2v) is 6.19. The number of halogens is 2. The molecule has 0 spiro atoms. The molecule has 1 nitrogen and oxygen atoms in total. The van der Waals surface area contributed by atoms with Crippen LogP contribution in [-0.4, -0.2) is 6.04 Å². The highest BCUT2D eigenvalue weighted by molar-refractivity contribution is 6.31. The predicted octanol–water partition coefficient (Wildman–Crippen LogP) is 5.26. The summed E-state index contributed by atoms with van der Waals surface area (Å²) in [5.41, 5.74) is 4.34. The Morgan fingerprint density at radius 3 is 2.43 bits per heavy atom. The molecule has 2 aromatic carbocycles. The average Bonchev–Trinajstić information content (AvgIpc) is 2.36. The highest BCUT2D eigenvalue weighted by Gasteiger charge is 2.11. The van der Waals surface area contributed by atoms with Gasteiger partial charge in [-0.25, -0.2) is 4.39 Å². The van der Waals surface area contributed by atoms with E-state index in [9.17, 15) is 4.39 Å². The van der Waals surface area contributed by atoms with Gasteiger partial charge in [-0.3, -0.25) is 0 Å². The van der Waals surface area contributed by atoms with Crippen molar-refractivity contribution in [2.24, 2.45) is 0 Å². The SMILES string of the molecule is Cc1cc(C)c(-c2ccc(CNC(C)C)c(Cl)c2)c(F)c1. The summed E-state index contributed by atoms with van der Waals surface area (Å²) in [6, 6.07) is 9.69. The van der Waals surface area contributed by atoms with Crippen LogP contribution in [-0.2, 0) is 6.54 Å². The number of hydrogen-bond acceptors (Lipinski definition) is 1. The molecule has 2 aromatic rings. The molecule has 1 N–H and O–H groups in total. The number of aryl methyl sites for hydroxylation is 2. The van der Waals surface area contributed by atoms with Gasteiger partial charge in [-0.2, -0.15) is 0 Å². The lowest BCUT2D eigenvalue weighted by atomic mass is 9.97. The topological polar surface area (TPSA) is 12.0 Å². The molecular formula is C18H21ClFN. The fourth-order valence-electron chi connectivity index (χ4n) is 2.44. The first-order chi connectivity index (χ1) is 9.88. The Morgan fingerprint density at radius 2 is 1.86 bits per heavy atom. The molecule has 2 rings (SSSR count). The molecule has 0 saturated carbocycles. The molecule has 0 amide bonds. The van der Waals surface area contributed by atoms with Crippen LogP contribution >= 0.6 is 11.6 Å². The van der Waals surface area contributed by atoms with E-state index in [1.54, 1.807) is 6.07 Å². The zero-order valence-electron chi connectivity index (χ0n) is 12.9. The summed E-state index contributed by atoms with van der Waals surface area (Å²) < 4.78 is 14.2. The Labute approximate surface area is 131 Å². The molecule has 0 aliphatic heterocycles. The lowest BCUT2D eigenvalue weighted by Gasteiger charge is -2.13. The summed E-state index contributed by atoms with van der Waals surface area (Å²) in [6.45, 7) is 8.72. The first-order valence-electron chi connectivity index (χ1n) is 7.17. The van der Waals surface area contributed by atoms with E-state index in [2.05, 4.69) is 19.2 Å². The average molecular weight is 306 g/mol. The summed E-state index contributed by atoms with van der Waals surface area (Å²) in [5.74, 6) is -0.198. The van der Waals surface area contributed by atoms with E-state index in [1.807, 2.05) is 38.1 Å². The van der Waals surface area contributed by atoms with Gasteiger partial charge in [0.2, 0.25) is 0 Å². The third kappa shape index (κ3) is 3.84. The summed E-state index contributed by atoms with van der Waals surface area (Å²) in [7, 11) is 0. The van der Waals surface area contributed by atoms with Gasteiger partial charge in [-0.1, -0.05) is 43.6 Å². The van der Waals surface area contributed by atoms with E-state index in [0.29, 0.717) is 23.2 Å². The zero-order valence-corrected chi connectivity index (χ0v) is 13.7. The van der Waals surface area contributed by atoms with E-state index >= 15 is 0 Å². The van der Waals surface area contributed by atoms with Gasteiger partial charge in [0.05, 0.1) is 0 Å². The van der Waals surface area contributed by atoms with E-state index in [4.69, 9.17) is 11.6 Å². The van der Waals surface area contributed by atoms with Gasteiger partial charge in [-0.05, 0) is 48.2 Å². The minimum absolute atomic E-state index is 0.198. The van der Waals surface area contributed by atoms with Crippen molar-refractivity contribution in [3.8, 4) is 11.1 Å². The van der Waals surface area contributed by atoms with Crippen LogP contribution in [0.5, 0.6) is 0 Å². The quantitative estimate of drug-likeness (QED) is 0.812. The van der Waals surface area contributed by atoms with Gasteiger partial charge in [-0.15, -0.1) is 0 Å². The number of nitrogens with one attached hydrogen (secondary N) is 1. The van der Waals surface area contributed by atoms with Crippen molar-refractivity contribution in [2.45, 2.75) is 40.3 Å². The maximum absolute atomic E-state index is 14.2. The molecule has 0 aliphatic carbocycles. The van der Waals surface area contributed by atoms with E-state index < -0.39 is 0 Å². The van der Waals surface area contributed by atoms with Crippen LogP contribution in [0, 0.1) is 19.7 Å². The van der Waals surface area contributed by atoms with E-state index in [1.165, 1.54) is 0 Å². The third-order valence-corrected chi connectivity index (χ3v) is 3.83. The molecule has 0 aliphatic rings. The van der Waals surface area contributed by atoms with Gasteiger partial charge in [0.15, 0.2) is 0 Å². The molecule has 112 valence electrons. The second-order valence-electron chi connectivity index (χ2n) is 5.78. The minimum Gasteiger partial charge on any atom is -0.310 e. The van der Waals surface area contributed by atoms with Crippen LogP contribution in [0.2, 0.25) is 5.02 Å². The molecule has 21 heavy (non-hydrogen) atoms. The smallest absolute Gasteiger partial charge is 0.131 e. The normalized spacial score (nSPS) is 11.2. The lowest BCUT2D eigenvalue weighted by Crippen LogP contribution is -2.21. The summed E-state index contributed by atoms with van der Waals surface area (Å²) in [4.78, 5) is 0. The maximum atomic E-state index is 14.2. The highest BCUT2D eigenvalue weighted by Crippen LogP contribution is 2.31. The van der Waals surface area contributed by atoms with Crippen LogP contribution in [0.1, 0.15) is 30.5 Å². The molecule has 0 atom stereocenters. The molecule has 0 radical (unpaired) electrons. The van der Waals surface area contributed by atoms with Gasteiger partial charge in [0, 0.05) is 23.2 Å². The summed E-state index contributed by atoms with van der Waals surface area (Å²) in [5, 5.41) is 4.00. The van der Waals surface area contributed by atoms with Crippen molar-refractivity contribution in [3.63, 3.8) is 0 Å². The monoisotopic (exact) mass is 305 g/mol. The van der Waals surface area contributed by atoms with Crippen molar-refractivity contribution in [3.05, 3.63) is 57.9 Å². The van der Waals surface area contributed by atoms with Crippen molar-refractivity contribution in [1.29, 1.82) is 0 Å². The fourth-order valence-corrected chi connectivity index (χ4v) is 2.69. The van der Waals surface area contributed by atoms with Crippen LogP contribution in [0.25, 0.3) is 11.1 Å². The van der Waals surface area contributed by atoms with Gasteiger partial charge in [0.1, 0.15) is 5.82 Å². The van der Waals surface area contributed by atoms with Gasteiger partial charge < -0.3 is 5.32 Å². The zero-order chi connectivity index (χ0) is 15.6. The lowest BCUT2D eigenvalue weighted by molar-refractivity contribution is 0.589. The van der Waals surface area contributed by atoms with Crippen molar-refractivity contribution in [2.75, 3.05) is 0 Å². The van der Waals surface area contributed by atoms with E-state index in [0.717, 1.165) is 22.3 Å². The molecular weight excluding hydrogens is 285 g/mol. The molecule has 0 fully saturated rings. The Balaban J connectivity index is 2.36. The molecule has 0 heterocycles. The highest BCUT2D eigenvalue weighted by atomic mass is 35.5. The van der Waals surface area contributed by atoms with E-state index in [-0.39, 0.29) is 5.82 Å². The maximum Gasteiger partial charge on any atom is 0.131 e. The Morgan fingerprint density at radius 1 is 1.14 bits per heavy atom. The molecule has 0 bridgehead atoms. The molecule has 3 heteroatoms. The second kappa shape index (κ2) is 6.59. The van der Waals surface area contributed by atoms with Crippen LogP contribution in [0.3, 0.4) is 0 Å². The van der Waals surface area contributed by atoms with Crippen molar-refractivity contribution < 1.29 is 4.39 Å². The Hall–Kier alpha value is -1.38. The van der Waals surface area contributed by atoms with Gasteiger partial charge in [0.25, 0.3) is 0 Å². The Bertz CT molecular complexity index is 627. The van der Waals surface area contributed by atoms with Gasteiger partial charge >= 0.3 is 0 Å². The molecule has 0 saturated heterocycles. The van der Waals surface area contributed by atoms with Crippen LogP contribution in [0.4, 0.5) is 4.39 Å². The van der Waals surface area contributed by atoms with Crippen molar-refractivity contribution >= 4 is 11.6 Å². The number of hydrogen-bond donors (Lipinski definition) is 1. The largest absolute Gasteiger partial charge is 0.310 e. The predicted molar refractivity (Wildman–Crippen MR) is 88.3 cm³/mol. The van der Waals surface area contributed by atoms with Crippen LogP contribution < -0.4 is 5.32 Å². The van der Waals surface area contributed by atoms with Crippen molar-refractivity contribution in [1.82, 2.24) is 5.32 Å². The summed E-state index contributed by atoms with van der Waals surface area (Å²) in [6.07, 6.45) is 0. The molecule has 0 aromatic heterocycles. The molecule has 0 unspecified atom stereocenters. The summed E-state index contributed by atoms with van der Waals surface area (Å²) >= 11 is 6.34. The fraction of sp³-hybridized carbons (Fsp3) is 0.333. The first-order valence-corrected chi connectivity index (χ1v) is 7.55. The van der Waals surface area contributed by atoms with Crippen LogP contribution in [0.15, 0.2) is 30.3 Å². The first kappa shape index (κ1) is 16.0. The standard InChI is InChI=1S/C18H21ClFN/c1-11(2)21-10-15-6-5-14(9-16(15)19)18-13(4)7-12(3)8-17(18)20/h5-9,11,21H,10H2,1-4H3. The third-order valence-electron chi connectivity index (χ3n) is 3.47. The Kier molecular flexibility index (Phi) is 5.02. The number of rotatable bonds is 4. The number of benzene rings is 2.